The van der Waals surface area contributed by atoms with Gasteiger partial charge in [0.15, 0.2) is 0 Å². The van der Waals surface area contributed by atoms with Crippen molar-refractivity contribution in [1.82, 2.24) is 5.32 Å². The molecule has 0 aliphatic heterocycles. The van der Waals surface area contributed by atoms with Crippen molar-refractivity contribution in [3.63, 3.8) is 0 Å². The first-order valence-electron chi connectivity index (χ1n) is 29.5. The Bertz CT molecular complexity index is 1260. The fraction of sp³-hybridized carbons (Fsp3) is 0.850. The standard InChI is InChI=1S/C60H115N2O6P/c1-6-8-10-12-14-16-18-20-21-22-23-24-25-26-27-28-29-30-31-32-33-34-35-36-37-38-39-40-41-42-44-46-48-50-52-54-60(64)61-58(57-68-69(65,66)67-56-55-62(3,4)5)59(63)53-51-49-47-45-43-19-17-15-13-11-9-7-2/h18,20,22-23,43,45,51,53,58-59,63H,6-17,19,21,24-42,44,46-50,52,54-57H2,1-5H3,(H-,61,64,65,66)/p+1/b20-18-,23-22-,45-43+,53-51+. The number of allylic oxidation sites excluding steroid dienone is 7. The van der Waals surface area contributed by atoms with Crippen molar-refractivity contribution in [1.29, 1.82) is 0 Å². The molecule has 3 unspecified atom stereocenters. The van der Waals surface area contributed by atoms with Crippen LogP contribution in [0.15, 0.2) is 48.6 Å². The molecule has 0 aromatic carbocycles. The zero-order chi connectivity index (χ0) is 50.6. The third-order valence-corrected chi connectivity index (χ3v) is 14.3. The molecule has 406 valence electrons. The Balaban J connectivity index is 3.94. The second-order valence-electron chi connectivity index (χ2n) is 21.4. The van der Waals surface area contributed by atoms with Gasteiger partial charge in [-0.25, -0.2) is 4.57 Å². The van der Waals surface area contributed by atoms with Crippen LogP contribution in [-0.4, -0.2) is 73.4 Å². The summed E-state index contributed by atoms with van der Waals surface area (Å²) in [5.74, 6) is -0.184. The van der Waals surface area contributed by atoms with Crippen molar-refractivity contribution in [3.8, 4) is 0 Å². The van der Waals surface area contributed by atoms with Crippen LogP contribution >= 0.6 is 7.82 Å². The fourth-order valence-electron chi connectivity index (χ4n) is 8.62. The minimum Gasteiger partial charge on any atom is -0.387 e. The normalized spacial score (nSPS) is 14.2. The smallest absolute Gasteiger partial charge is 0.387 e. The van der Waals surface area contributed by atoms with E-state index < -0.39 is 20.0 Å². The van der Waals surface area contributed by atoms with Gasteiger partial charge in [-0.05, 0) is 64.2 Å². The van der Waals surface area contributed by atoms with Gasteiger partial charge in [0.25, 0.3) is 0 Å². The van der Waals surface area contributed by atoms with Crippen molar-refractivity contribution in [2.24, 2.45) is 0 Å². The number of likely N-dealkylation sites (N-methyl/N-ethyl adjacent to an activating group) is 1. The number of nitrogens with zero attached hydrogens (tertiary/aromatic N) is 1. The second kappa shape index (κ2) is 51.4. The van der Waals surface area contributed by atoms with Crippen molar-refractivity contribution in [2.75, 3.05) is 40.9 Å². The second-order valence-corrected chi connectivity index (χ2v) is 22.8. The van der Waals surface area contributed by atoms with E-state index in [9.17, 15) is 19.4 Å². The van der Waals surface area contributed by atoms with Crippen LogP contribution in [0.1, 0.15) is 277 Å². The summed E-state index contributed by atoms with van der Waals surface area (Å²) in [6.07, 6.45) is 68.2. The molecule has 0 saturated heterocycles. The molecule has 3 N–H and O–H groups in total. The molecule has 0 aromatic heterocycles. The topological polar surface area (TPSA) is 105 Å². The van der Waals surface area contributed by atoms with Gasteiger partial charge in [0, 0.05) is 6.42 Å². The minimum absolute atomic E-state index is 0.0569. The Kier molecular flexibility index (Phi) is 50.2. The first kappa shape index (κ1) is 67.5. The molecular weight excluding hydrogens is 876 g/mol. The summed E-state index contributed by atoms with van der Waals surface area (Å²) < 4.78 is 23.6. The van der Waals surface area contributed by atoms with Crippen molar-refractivity contribution in [3.05, 3.63) is 48.6 Å². The summed E-state index contributed by atoms with van der Waals surface area (Å²) in [5.41, 5.74) is 0. The van der Waals surface area contributed by atoms with E-state index in [1.165, 1.54) is 212 Å². The van der Waals surface area contributed by atoms with E-state index in [-0.39, 0.29) is 19.1 Å². The molecule has 8 nitrogen and oxygen atoms in total. The lowest BCUT2D eigenvalue weighted by Crippen LogP contribution is -2.45. The van der Waals surface area contributed by atoms with Gasteiger partial charge in [-0.3, -0.25) is 13.8 Å². The number of carbonyl (C=O) groups is 1. The zero-order valence-electron chi connectivity index (χ0n) is 46.3. The van der Waals surface area contributed by atoms with Crippen LogP contribution in [0.4, 0.5) is 0 Å². The summed E-state index contributed by atoms with van der Waals surface area (Å²) in [4.78, 5) is 23.2. The van der Waals surface area contributed by atoms with Gasteiger partial charge in [0.2, 0.25) is 5.91 Å². The van der Waals surface area contributed by atoms with Gasteiger partial charge in [-0.2, -0.15) is 0 Å². The Morgan fingerprint density at radius 1 is 0.493 bits per heavy atom. The van der Waals surface area contributed by atoms with Crippen molar-refractivity contribution >= 4 is 13.7 Å². The number of phosphoric ester groups is 1. The highest BCUT2D eigenvalue weighted by Crippen LogP contribution is 2.43. The Morgan fingerprint density at radius 2 is 0.841 bits per heavy atom. The van der Waals surface area contributed by atoms with Crippen LogP contribution in [0.3, 0.4) is 0 Å². The number of carbonyl (C=O) groups excluding carboxylic acids is 1. The van der Waals surface area contributed by atoms with E-state index in [1.54, 1.807) is 6.08 Å². The summed E-state index contributed by atoms with van der Waals surface area (Å²) in [6.45, 7) is 4.78. The maximum atomic E-state index is 12.9. The van der Waals surface area contributed by atoms with Gasteiger partial charge in [0.1, 0.15) is 13.2 Å². The summed E-state index contributed by atoms with van der Waals surface area (Å²) in [6, 6.07) is -0.861. The molecule has 0 aliphatic rings. The van der Waals surface area contributed by atoms with Gasteiger partial charge < -0.3 is 19.8 Å². The quantitative estimate of drug-likeness (QED) is 0.0243. The molecule has 0 radical (unpaired) electrons. The molecule has 1 amide bonds. The van der Waals surface area contributed by atoms with Crippen LogP contribution in [0.5, 0.6) is 0 Å². The first-order chi connectivity index (χ1) is 33.5. The number of amides is 1. The number of nitrogens with one attached hydrogen (secondary N) is 1. The Hall–Kier alpha value is -1.54. The molecule has 0 bridgehead atoms. The molecule has 0 aromatic rings. The summed E-state index contributed by atoms with van der Waals surface area (Å²) in [7, 11) is 1.56. The maximum absolute atomic E-state index is 12.9. The number of aliphatic hydroxyl groups is 1. The minimum atomic E-state index is -4.35. The molecule has 0 rings (SSSR count). The molecule has 0 spiro atoms. The van der Waals surface area contributed by atoms with Gasteiger partial charge in [-0.1, -0.05) is 255 Å². The largest absolute Gasteiger partial charge is 0.472 e. The van der Waals surface area contributed by atoms with Crippen LogP contribution in [0, 0.1) is 0 Å². The average molecular weight is 993 g/mol. The predicted molar refractivity (Wildman–Crippen MR) is 300 cm³/mol. The molecule has 0 aliphatic carbocycles. The lowest BCUT2D eigenvalue weighted by molar-refractivity contribution is -0.870. The first-order valence-corrected chi connectivity index (χ1v) is 31.0. The van der Waals surface area contributed by atoms with Crippen LogP contribution < -0.4 is 5.32 Å². The number of hydrogen-bond acceptors (Lipinski definition) is 5. The van der Waals surface area contributed by atoms with E-state index >= 15 is 0 Å². The molecule has 69 heavy (non-hydrogen) atoms. The van der Waals surface area contributed by atoms with E-state index in [0.717, 1.165) is 44.9 Å². The molecule has 9 heteroatoms. The highest BCUT2D eigenvalue weighted by molar-refractivity contribution is 7.47. The monoisotopic (exact) mass is 992 g/mol. The van der Waals surface area contributed by atoms with E-state index in [4.69, 9.17) is 9.05 Å². The lowest BCUT2D eigenvalue weighted by Gasteiger charge is -2.25. The highest BCUT2D eigenvalue weighted by Gasteiger charge is 2.27. The van der Waals surface area contributed by atoms with Crippen molar-refractivity contribution < 1.29 is 32.9 Å². The predicted octanol–water partition coefficient (Wildman–Crippen LogP) is 17.9. The number of hydrogen-bond donors (Lipinski definition) is 3. The third kappa shape index (κ3) is 54.1. The number of aliphatic hydroxyl groups excluding tert-OH is 1. The van der Waals surface area contributed by atoms with Crippen LogP contribution in [0.25, 0.3) is 0 Å². The Labute approximate surface area is 429 Å². The lowest BCUT2D eigenvalue weighted by atomic mass is 10.0. The average Bonchev–Trinajstić information content (AvgIpc) is 3.31. The number of quaternary nitrogens is 1. The van der Waals surface area contributed by atoms with Gasteiger partial charge >= 0.3 is 7.82 Å². The number of unbranched alkanes of at least 4 members (excludes halogenated alkanes) is 35. The molecule has 3 atom stereocenters. The van der Waals surface area contributed by atoms with Gasteiger partial charge in [0.05, 0.1) is 39.9 Å². The van der Waals surface area contributed by atoms with E-state index in [1.807, 2.05) is 27.2 Å². The van der Waals surface area contributed by atoms with Crippen LogP contribution in [0.2, 0.25) is 0 Å². The SMILES string of the molecule is CCCCCCC/C=C\C/C=C\CCCCCCCCCCCCCCCCCCCCCCCCCC(=O)NC(COP(=O)(O)OCC[N+](C)(C)C)C(O)/C=C/CC/C=C/CCCCCCCC. The molecule has 0 saturated carbocycles. The van der Waals surface area contributed by atoms with Crippen LogP contribution in [-0.2, 0) is 18.4 Å². The maximum Gasteiger partial charge on any atom is 0.472 e. The summed E-state index contributed by atoms with van der Waals surface area (Å²) >= 11 is 0. The summed E-state index contributed by atoms with van der Waals surface area (Å²) in [5, 5.41) is 13.8. The fourth-order valence-corrected chi connectivity index (χ4v) is 9.36. The molecule has 0 heterocycles. The van der Waals surface area contributed by atoms with Gasteiger partial charge in [-0.15, -0.1) is 0 Å². The highest BCUT2D eigenvalue weighted by atomic mass is 31.2. The zero-order valence-corrected chi connectivity index (χ0v) is 47.2. The molecular formula is C60H116N2O6P+. The van der Waals surface area contributed by atoms with E-state index in [0.29, 0.717) is 17.4 Å². The Morgan fingerprint density at radius 3 is 1.25 bits per heavy atom. The molecule has 0 fully saturated rings. The van der Waals surface area contributed by atoms with Crippen molar-refractivity contribution in [2.45, 2.75) is 289 Å². The van der Waals surface area contributed by atoms with E-state index in [2.05, 4.69) is 55.6 Å². The number of rotatable bonds is 54. The third-order valence-electron chi connectivity index (χ3n) is 13.3. The number of phosphoric acid groups is 1.